The number of hydrogen-bond acceptors (Lipinski definition) is 2. The van der Waals surface area contributed by atoms with Crippen LogP contribution in [0.1, 0.15) is 52.9 Å². The predicted octanol–water partition coefficient (Wildman–Crippen LogP) is 2.84. The van der Waals surface area contributed by atoms with Crippen LogP contribution in [0.3, 0.4) is 0 Å². The van der Waals surface area contributed by atoms with E-state index in [1.165, 1.54) is 19.3 Å². The summed E-state index contributed by atoms with van der Waals surface area (Å²) in [7, 11) is 0. The standard InChI is InChI=1S/C15H27NO2/c1-15(2,3)13-6-4-5-9-16(13)14(17)12-7-10-18-11-8-12/h12-13H,4-11H2,1-3H3. The van der Waals surface area contributed by atoms with E-state index in [-0.39, 0.29) is 11.3 Å². The lowest BCUT2D eigenvalue weighted by atomic mass is 9.80. The Kier molecular flexibility index (Phi) is 4.31. The van der Waals surface area contributed by atoms with Gasteiger partial charge in [0.05, 0.1) is 0 Å². The Bertz CT molecular complexity index is 289. The molecule has 1 amide bonds. The third-order valence-electron chi connectivity index (χ3n) is 4.36. The van der Waals surface area contributed by atoms with Crippen molar-refractivity contribution in [1.29, 1.82) is 0 Å². The number of piperidine rings is 1. The van der Waals surface area contributed by atoms with Gasteiger partial charge in [0.15, 0.2) is 0 Å². The van der Waals surface area contributed by atoms with E-state index in [1.807, 2.05) is 0 Å². The molecule has 0 bridgehead atoms. The largest absolute Gasteiger partial charge is 0.381 e. The summed E-state index contributed by atoms with van der Waals surface area (Å²) in [6.07, 6.45) is 5.41. The Labute approximate surface area is 111 Å². The van der Waals surface area contributed by atoms with E-state index >= 15 is 0 Å². The summed E-state index contributed by atoms with van der Waals surface area (Å²) in [6.45, 7) is 9.24. The second-order valence-corrected chi connectivity index (χ2v) is 6.80. The van der Waals surface area contributed by atoms with Crippen LogP contribution in [0.15, 0.2) is 0 Å². The Morgan fingerprint density at radius 3 is 2.39 bits per heavy atom. The number of amides is 1. The van der Waals surface area contributed by atoms with Gasteiger partial charge in [-0.1, -0.05) is 20.8 Å². The molecule has 3 nitrogen and oxygen atoms in total. The van der Waals surface area contributed by atoms with Crippen LogP contribution in [-0.2, 0) is 9.53 Å². The first-order valence-corrected chi connectivity index (χ1v) is 7.38. The third-order valence-corrected chi connectivity index (χ3v) is 4.36. The number of nitrogens with zero attached hydrogens (tertiary/aromatic N) is 1. The minimum absolute atomic E-state index is 0.196. The second kappa shape index (κ2) is 5.60. The van der Waals surface area contributed by atoms with E-state index in [4.69, 9.17) is 4.74 Å². The van der Waals surface area contributed by atoms with E-state index in [2.05, 4.69) is 25.7 Å². The van der Waals surface area contributed by atoms with Crippen LogP contribution >= 0.6 is 0 Å². The van der Waals surface area contributed by atoms with Gasteiger partial charge in [-0.05, 0) is 37.5 Å². The average Bonchev–Trinajstić information content (AvgIpc) is 2.38. The Hall–Kier alpha value is -0.570. The fraction of sp³-hybridized carbons (Fsp3) is 0.933. The quantitative estimate of drug-likeness (QED) is 0.719. The van der Waals surface area contributed by atoms with Crippen LogP contribution in [-0.4, -0.2) is 36.6 Å². The molecule has 0 radical (unpaired) electrons. The zero-order valence-electron chi connectivity index (χ0n) is 12.1. The molecular formula is C15H27NO2. The molecule has 104 valence electrons. The van der Waals surface area contributed by atoms with Gasteiger partial charge in [-0.2, -0.15) is 0 Å². The summed E-state index contributed by atoms with van der Waals surface area (Å²) in [5, 5.41) is 0. The zero-order valence-corrected chi connectivity index (χ0v) is 12.1. The van der Waals surface area contributed by atoms with E-state index in [9.17, 15) is 4.79 Å². The van der Waals surface area contributed by atoms with Crippen LogP contribution in [0, 0.1) is 11.3 Å². The lowest BCUT2D eigenvalue weighted by molar-refractivity contribution is -0.145. The highest BCUT2D eigenvalue weighted by molar-refractivity contribution is 5.79. The van der Waals surface area contributed by atoms with Gasteiger partial charge in [-0.15, -0.1) is 0 Å². The number of ether oxygens (including phenoxy) is 1. The van der Waals surface area contributed by atoms with Gasteiger partial charge in [0.25, 0.3) is 0 Å². The van der Waals surface area contributed by atoms with E-state index in [0.29, 0.717) is 11.9 Å². The van der Waals surface area contributed by atoms with Crippen molar-refractivity contribution in [3.05, 3.63) is 0 Å². The molecule has 2 fully saturated rings. The number of likely N-dealkylation sites (tertiary alicyclic amines) is 1. The van der Waals surface area contributed by atoms with E-state index in [0.717, 1.165) is 32.6 Å². The molecule has 0 saturated carbocycles. The van der Waals surface area contributed by atoms with Crippen molar-refractivity contribution in [3.63, 3.8) is 0 Å². The Balaban J connectivity index is 2.05. The van der Waals surface area contributed by atoms with Gasteiger partial charge < -0.3 is 9.64 Å². The minimum atomic E-state index is 0.196. The van der Waals surface area contributed by atoms with Gasteiger partial charge in [-0.3, -0.25) is 4.79 Å². The molecule has 1 atom stereocenters. The Morgan fingerprint density at radius 1 is 1.11 bits per heavy atom. The molecule has 3 heteroatoms. The molecule has 18 heavy (non-hydrogen) atoms. The molecule has 2 rings (SSSR count). The molecule has 0 aliphatic carbocycles. The highest BCUT2D eigenvalue weighted by Crippen LogP contribution is 2.33. The summed E-state index contributed by atoms with van der Waals surface area (Å²) in [5.41, 5.74) is 0.196. The lowest BCUT2D eigenvalue weighted by Crippen LogP contribution is -2.52. The van der Waals surface area contributed by atoms with Crippen molar-refractivity contribution in [3.8, 4) is 0 Å². The second-order valence-electron chi connectivity index (χ2n) is 6.80. The lowest BCUT2D eigenvalue weighted by Gasteiger charge is -2.45. The fourth-order valence-corrected chi connectivity index (χ4v) is 3.27. The van der Waals surface area contributed by atoms with Crippen molar-refractivity contribution < 1.29 is 9.53 Å². The fourth-order valence-electron chi connectivity index (χ4n) is 3.27. The maximum atomic E-state index is 12.7. The third kappa shape index (κ3) is 3.05. The molecular weight excluding hydrogens is 226 g/mol. The number of rotatable bonds is 1. The molecule has 2 aliphatic heterocycles. The van der Waals surface area contributed by atoms with Crippen molar-refractivity contribution in [2.75, 3.05) is 19.8 Å². The number of hydrogen-bond donors (Lipinski definition) is 0. The molecule has 2 aliphatic rings. The molecule has 0 aromatic heterocycles. The van der Waals surface area contributed by atoms with Crippen LogP contribution in [0.25, 0.3) is 0 Å². The molecule has 2 heterocycles. The Morgan fingerprint density at radius 2 is 1.78 bits per heavy atom. The number of carbonyl (C=O) groups excluding carboxylic acids is 1. The predicted molar refractivity (Wildman–Crippen MR) is 72.4 cm³/mol. The van der Waals surface area contributed by atoms with Crippen molar-refractivity contribution in [1.82, 2.24) is 4.90 Å². The molecule has 0 aromatic carbocycles. The summed E-state index contributed by atoms with van der Waals surface area (Å²) in [5.74, 6) is 0.597. The average molecular weight is 253 g/mol. The molecule has 2 saturated heterocycles. The van der Waals surface area contributed by atoms with Crippen LogP contribution in [0.5, 0.6) is 0 Å². The molecule has 0 N–H and O–H groups in total. The van der Waals surface area contributed by atoms with Crippen molar-refractivity contribution in [2.45, 2.75) is 58.9 Å². The minimum Gasteiger partial charge on any atom is -0.381 e. The van der Waals surface area contributed by atoms with Crippen molar-refractivity contribution in [2.24, 2.45) is 11.3 Å². The summed E-state index contributed by atoms with van der Waals surface area (Å²) >= 11 is 0. The topological polar surface area (TPSA) is 29.5 Å². The molecule has 0 aromatic rings. The van der Waals surface area contributed by atoms with Gasteiger partial charge in [-0.25, -0.2) is 0 Å². The summed E-state index contributed by atoms with van der Waals surface area (Å²) in [6, 6.07) is 0.418. The van der Waals surface area contributed by atoms with Crippen LogP contribution < -0.4 is 0 Å². The van der Waals surface area contributed by atoms with Gasteiger partial charge in [0.1, 0.15) is 0 Å². The number of carbonyl (C=O) groups is 1. The maximum Gasteiger partial charge on any atom is 0.226 e. The van der Waals surface area contributed by atoms with Gasteiger partial charge in [0, 0.05) is 31.7 Å². The first-order chi connectivity index (χ1) is 8.50. The molecule has 0 spiro atoms. The molecule has 1 unspecified atom stereocenters. The first-order valence-electron chi connectivity index (χ1n) is 7.38. The van der Waals surface area contributed by atoms with E-state index in [1.54, 1.807) is 0 Å². The normalized spacial score (nSPS) is 27.3. The highest BCUT2D eigenvalue weighted by Gasteiger charge is 2.37. The van der Waals surface area contributed by atoms with Crippen LogP contribution in [0.4, 0.5) is 0 Å². The zero-order chi connectivity index (χ0) is 13.2. The van der Waals surface area contributed by atoms with E-state index < -0.39 is 0 Å². The monoisotopic (exact) mass is 253 g/mol. The highest BCUT2D eigenvalue weighted by atomic mass is 16.5. The maximum absolute atomic E-state index is 12.7. The van der Waals surface area contributed by atoms with Crippen LogP contribution in [0.2, 0.25) is 0 Å². The summed E-state index contributed by atoms with van der Waals surface area (Å²) < 4.78 is 5.36. The van der Waals surface area contributed by atoms with Crippen molar-refractivity contribution >= 4 is 5.91 Å². The van der Waals surface area contributed by atoms with Gasteiger partial charge >= 0.3 is 0 Å². The summed E-state index contributed by atoms with van der Waals surface area (Å²) in [4.78, 5) is 14.9. The first kappa shape index (κ1) is 13.9. The van der Waals surface area contributed by atoms with Gasteiger partial charge in [0.2, 0.25) is 5.91 Å². The smallest absolute Gasteiger partial charge is 0.226 e. The SMILES string of the molecule is CC(C)(C)C1CCCCN1C(=O)C1CCOCC1.